The van der Waals surface area contributed by atoms with Crippen molar-refractivity contribution in [1.29, 1.82) is 0 Å². The zero-order chi connectivity index (χ0) is 23.7. The molecule has 0 spiro atoms. The average Bonchev–Trinajstić information content (AvgIpc) is 3.19. The lowest BCUT2D eigenvalue weighted by atomic mass is 10.2. The largest absolute Gasteiger partial charge is 0.494 e. The van der Waals surface area contributed by atoms with E-state index in [9.17, 15) is 14.4 Å². The predicted molar refractivity (Wildman–Crippen MR) is 129 cm³/mol. The summed E-state index contributed by atoms with van der Waals surface area (Å²) >= 11 is 1.20. The number of aromatic nitrogens is 4. The molecule has 0 aliphatic heterocycles. The highest BCUT2D eigenvalue weighted by Crippen LogP contribution is 2.29. The number of anilines is 1. The standard InChI is InChI=1S/C23H23N5O4S/c1-4-32-15-11-9-14(10-12-15)28-17-8-6-5-7-16(17)25-22(28)33-13-18(29)19-20(24)26(2)23(31)27(3)21(19)30/h5-12H,4,13,24H2,1-3H3. The summed E-state index contributed by atoms with van der Waals surface area (Å²) in [5.74, 6) is 0.0710. The number of hydrogen-bond acceptors (Lipinski definition) is 7. The van der Waals surface area contributed by atoms with Gasteiger partial charge in [-0.05, 0) is 43.3 Å². The molecule has 33 heavy (non-hydrogen) atoms. The Morgan fingerprint density at radius 1 is 1.06 bits per heavy atom. The zero-order valence-electron chi connectivity index (χ0n) is 18.4. The van der Waals surface area contributed by atoms with Crippen LogP contribution >= 0.6 is 11.8 Å². The topological polar surface area (TPSA) is 114 Å². The molecular formula is C23H23N5O4S. The van der Waals surface area contributed by atoms with Gasteiger partial charge in [-0.1, -0.05) is 23.9 Å². The maximum Gasteiger partial charge on any atom is 0.332 e. The van der Waals surface area contributed by atoms with Crippen LogP contribution < -0.4 is 21.7 Å². The van der Waals surface area contributed by atoms with Crippen molar-refractivity contribution in [2.75, 3.05) is 18.1 Å². The summed E-state index contributed by atoms with van der Waals surface area (Å²) in [5, 5.41) is 0.592. The fourth-order valence-electron chi connectivity index (χ4n) is 3.53. The minimum atomic E-state index is -0.707. The van der Waals surface area contributed by atoms with Crippen LogP contribution in [-0.4, -0.2) is 36.8 Å². The average molecular weight is 466 g/mol. The van der Waals surface area contributed by atoms with Crippen molar-refractivity contribution in [3.63, 3.8) is 0 Å². The minimum Gasteiger partial charge on any atom is -0.494 e. The Kier molecular flexibility index (Phi) is 6.10. The number of thioether (sulfide) groups is 1. The van der Waals surface area contributed by atoms with Gasteiger partial charge >= 0.3 is 5.69 Å². The number of imidazole rings is 1. The number of para-hydroxylation sites is 2. The van der Waals surface area contributed by atoms with Crippen molar-refractivity contribution in [3.8, 4) is 11.4 Å². The number of rotatable bonds is 7. The highest BCUT2D eigenvalue weighted by atomic mass is 32.2. The molecule has 0 aliphatic carbocycles. The maximum atomic E-state index is 13.0. The van der Waals surface area contributed by atoms with E-state index in [1.165, 1.54) is 25.9 Å². The van der Waals surface area contributed by atoms with Gasteiger partial charge in [-0.2, -0.15) is 0 Å². The van der Waals surface area contributed by atoms with Gasteiger partial charge in [0.1, 0.15) is 17.1 Å². The number of benzene rings is 2. The number of fused-ring (bicyclic) bond motifs is 1. The molecule has 0 amide bonds. The molecule has 170 valence electrons. The Balaban J connectivity index is 1.71. The van der Waals surface area contributed by atoms with E-state index in [-0.39, 0.29) is 17.1 Å². The first-order valence-corrected chi connectivity index (χ1v) is 11.2. The molecule has 0 saturated heterocycles. The van der Waals surface area contributed by atoms with Crippen molar-refractivity contribution in [1.82, 2.24) is 18.7 Å². The van der Waals surface area contributed by atoms with E-state index in [4.69, 9.17) is 10.5 Å². The van der Waals surface area contributed by atoms with Gasteiger partial charge in [0.25, 0.3) is 5.56 Å². The zero-order valence-corrected chi connectivity index (χ0v) is 19.3. The quantitative estimate of drug-likeness (QED) is 0.329. The first-order chi connectivity index (χ1) is 15.8. The van der Waals surface area contributed by atoms with Crippen molar-refractivity contribution < 1.29 is 9.53 Å². The second-order valence-electron chi connectivity index (χ2n) is 7.32. The lowest BCUT2D eigenvalue weighted by Gasteiger charge is -2.12. The number of nitrogens with zero attached hydrogens (tertiary/aromatic N) is 4. The first kappa shape index (κ1) is 22.4. The summed E-state index contributed by atoms with van der Waals surface area (Å²) < 4.78 is 9.45. The van der Waals surface area contributed by atoms with E-state index in [2.05, 4.69) is 4.98 Å². The molecule has 10 heteroatoms. The van der Waals surface area contributed by atoms with E-state index in [1.54, 1.807) is 0 Å². The third kappa shape index (κ3) is 4.05. The molecule has 0 bridgehead atoms. The van der Waals surface area contributed by atoms with Gasteiger partial charge in [-0.15, -0.1) is 0 Å². The van der Waals surface area contributed by atoms with Crippen LogP contribution in [-0.2, 0) is 14.1 Å². The molecule has 2 aromatic carbocycles. The van der Waals surface area contributed by atoms with Crippen molar-refractivity contribution in [2.45, 2.75) is 12.1 Å². The van der Waals surface area contributed by atoms with Crippen molar-refractivity contribution in [2.24, 2.45) is 14.1 Å². The van der Waals surface area contributed by atoms with Gasteiger partial charge in [-0.25, -0.2) is 9.78 Å². The van der Waals surface area contributed by atoms with Gasteiger partial charge in [0, 0.05) is 19.8 Å². The number of ketones is 1. The number of nitrogens with two attached hydrogens (primary N) is 1. The molecule has 0 fully saturated rings. The van der Waals surface area contributed by atoms with E-state index in [1.807, 2.05) is 60.0 Å². The minimum absolute atomic E-state index is 0.0714. The number of ether oxygens (including phenoxy) is 1. The van der Waals surface area contributed by atoms with Gasteiger partial charge in [0.2, 0.25) is 0 Å². The van der Waals surface area contributed by atoms with Gasteiger partial charge in [0.05, 0.1) is 23.4 Å². The number of carbonyl (C=O) groups is 1. The van der Waals surface area contributed by atoms with Crippen molar-refractivity contribution in [3.05, 3.63) is 74.9 Å². The first-order valence-electron chi connectivity index (χ1n) is 10.3. The number of hydrogen-bond donors (Lipinski definition) is 1. The number of carbonyl (C=O) groups excluding carboxylic acids is 1. The number of nitrogen functional groups attached to an aromatic ring is 1. The Hall–Kier alpha value is -3.79. The predicted octanol–water partition coefficient (Wildman–Crippen LogP) is 2.38. The number of Topliss-reactive ketones (excluding diaryl/α,β-unsaturated/α-hetero) is 1. The fourth-order valence-corrected chi connectivity index (χ4v) is 4.43. The highest BCUT2D eigenvalue weighted by Gasteiger charge is 2.22. The van der Waals surface area contributed by atoms with Crippen LogP contribution in [0.4, 0.5) is 5.82 Å². The summed E-state index contributed by atoms with van der Waals surface area (Å²) in [5.41, 5.74) is 6.96. The monoisotopic (exact) mass is 465 g/mol. The molecule has 4 rings (SSSR count). The van der Waals surface area contributed by atoms with Crippen LogP contribution in [0.2, 0.25) is 0 Å². The molecule has 2 heterocycles. The van der Waals surface area contributed by atoms with Crippen LogP contribution in [0.3, 0.4) is 0 Å². The highest BCUT2D eigenvalue weighted by molar-refractivity contribution is 7.99. The molecule has 0 aliphatic rings. The van der Waals surface area contributed by atoms with Crippen LogP contribution in [0.1, 0.15) is 17.3 Å². The molecule has 0 unspecified atom stereocenters. The second kappa shape index (κ2) is 8.99. The normalized spacial score (nSPS) is 11.1. The molecule has 4 aromatic rings. The van der Waals surface area contributed by atoms with Crippen LogP contribution in [0.15, 0.2) is 63.3 Å². The Morgan fingerprint density at radius 3 is 2.45 bits per heavy atom. The summed E-state index contributed by atoms with van der Waals surface area (Å²) in [6, 6.07) is 15.3. The van der Waals surface area contributed by atoms with Gasteiger partial charge in [0.15, 0.2) is 10.9 Å². The lowest BCUT2D eigenvalue weighted by Crippen LogP contribution is -2.41. The molecule has 0 atom stereocenters. The Morgan fingerprint density at radius 2 is 1.76 bits per heavy atom. The summed E-state index contributed by atoms with van der Waals surface area (Å²) in [6.07, 6.45) is 0. The summed E-state index contributed by atoms with van der Waals surface area (Å²) in [4.78, 5) is 42.2. The van der Waals surface area contributed by atoms with Crippen LogP contribution in [0.5, 0.6) is 5.75 Å². The smallest absolute Gasteiger partial charge is 0.332 e. The van der Waals surface area contributed by atoms with Crippen LogP contribution in [0.25, 0.3) is 16.7 Å². The third-order valence-electron chi connectivity index (χ3n) is 5.26. The summed E-state index contributed by atoms with van der Waals surface area (Å²) in [6.45, 7) is 2.50. The Labute approximate surface area is 193 Å². The third-order valence-corrected chi connectivity index (χ3v) is 6.20. The molecule has 0 radical (unpaired) electrons. The SMILES string of the molecule is CCOc1ccc(-n2c(SCC(=O)c3c(N)n(C)c(=O)n(C)c3=O)nc3ccccc32)cc1. The van der Waals surface area contributed by atoms with E-state index < -0.39 is 17.0 Å². The molecule has 2 aromatic heterocycles. The van der Waals surface area contributed by atoms with Gasteiger partial charge < -0.3 is 10.5 Å². The fraction of sp³-hybridized carbons (Fsp3) is 0.217. The van der Waals surface area contributed by atoms with E-state index >= 15 is 0 Å². The molecular weight excluding hydrogens is 442 g/mol. The molecule has 2 N–H and O–H groups in total. The maximum absolute atomic E-state index is 13.0. The van der Waals surface area contributed by atoms with E-state index in [0.29, 0.717) is 11.8 Å². The van der Waals surface area contributed by atoms with Gasteiger partial charge in [-0.3, -0.25) is 23.3 Å². The second-order valence-corrected chi connectivity index (χ2v) is 8.27. The summed E-state index contributed by atoms with van der Waals surface area (Å²) in [7, 11) is 2.74. The Bertz CT molecular complexity index is 1470. The molecule has 9 nitrogen and oxygen atoms in total. The van der Waals surface area contributed by atoms with Crippen LogP contribution in [0, 0.1) is 0 Å². The lowest BCUT2D eigenvalue weighted by molar-refractivity contribution is 0.102. The molecule has 0 saturated carbocycles. The van der Waals surface area contributed by atoms with E-state index in [0.717, 1.165) is 31.6 Å². The van der Waals surface area contributed by atoms with Crippen molar-refractivity contribution >= 4 is 34.4 Å².